The maximum atomic E-state index is 12.0. The number of amides is 2. The van der Waals surface area contributed by atoms with Gasteiger partial charge in [-0.1, -0.05) is 38.5 Å². The molecular formula is C19H30N2O5. The van der Waals surface area contributed by atoms with Crippen LogP contribution >= 0.6 is 0 Å². The van der Waals surface area contributed by atoms with Gasteiger partial charge in [-0.05, 0) is 45.2 Å². The molecule has 1 aromatic carbocycles. The third-order valence-electron chi connectivity index (χ3n) is 3.31. The number of carbonyl (C=O) groups excluding carboxylic acids is 2. The Labute approximate surface area is 155 Å². The third kappa shape index (κ3) is 8.71. The lowest BCUT2D eigenvalue weighted by Gasteiger charge is -2.29. The van der Waals surface area contributed by atoms with Crippen molar-refractivity contribution < 1.29 is 23.9 Å². The van der Waals surface area contributed by atoms with Crippen molar-refractivity contribution in [3.8, 4) is 0 Å². The number of benzene rings is 1. The molecule has 0 saturated heterocycles. The summed E-state index contributed by atoms with van der Waals surface area (Å²) in [5.74, 6) is 0. The van der Waals surface area contributed by atoms with Crippen molar-refractivity contribution in [2.45, 2.75) is 60.2 Å². The Balaban J connectivity index is 2.53. The molecule has 1 rings (SSSR count). The van der Waals surface area contributed by atoms with Crippen molar-refractivity contribution in [2.24, 2.45) is 5.41 Å². The van der Waals surface area contributed by atoms with Gasteiger partial charge in [-0.25, -0.2) is 15.1 Å². The van der Waals surface area contributed by atoms with Crippen molar-refractivity contribution in [3.63, 3.8) is 0 Å². The highest BCUT2D eigenvalue weighted by atomic mass is 16.7. The van der Waals surface area contributed by atoms with Crippen molar-refractivity contribution in [2.75, 3.05) is 11.9 Å². The Morgan fingerprint density at radius 2 is 1.62 bits per heavy atom. The van der Waals surface area contributed by atoms with Crippen LogP contribution in [-0.4, -0.2) is 30.5 Å². The van der Waals surface area contributed by atoms with Gasteiger partial charge in [0, 0.05) is 5.69 Å². The number of anilines is 1. The van der Waals surface area contributed by atoms with E-state index in [0.29, 0.717) is 5.69 Å². The highest BCUT2D eigenvalue weighted by molar-refractivity contribution is 5.88. The summed E-state index contributed by atoms with van der Waals surface area (Å²) in [7, 11) is 0. The first-order chi connectivity index (χ1) is 11.9. The molecule has 0 radical (unpaired) electrons. The molecule has 26 heavy (non-hydrogen) atoms. The Morgan fingerprint density at radius 3 is 2.12 bits per heavy atom. The number of rotatable bonds is 5. The van der Waals surface area contributed by atoms with E-state index in [1.54, 1.807) is 32.9 Å². The first-order valence-corrected chi connectivity index (χ1v) is 8.52. The van der Waals surface area contributed by atoms with Crippen molar-refractivity contribution in [1.29, 1.82) is 0 Å². The van der Waals surface area contributed by atoms with Crippen molar-refractivity contribution in [1.82, 2.24) is 5.48 Å². The zero-order valence-electron chi connectivity index (χ0n) is 16.6. The quantitative estimate of drug-likeness (QED) is 0.595. The topological polar surface area (TPSA) is 85.9 Å². The fourth-order valence-corrected chi connectivity index (χ4v) is 1.80. The van der Waals surface area contributed by atoms with Gasteiger partial charge in [0.15, 0.2) is 0 Å². The lowest BCUT2D eigenvalue weighted by atomic mass is 9.90. The second kappa shape index (κ2) is 8.89. The fraction of sp³-hybridized carbons (Fsp3) is 0.579. The molecule has 0 fully saturated rings. The molecule has 1 atom stereocenters. The van der Waals surface area contributed by atoms with Gasteiger partial charge in [0.1, 0.15) is 18.3 Å². The fourth-order valence-electron chi connectivity index (χ4n) is 1.80. The minimum absolute atomic E-state index is 0.0524. The van der Waals surface area contributed by atoms with Gasteiger partial charge < -0.3 is 14.8 Å². The molecule has 0 aromatic heterocycles. The van der Waals surface area contributed by atoms with E-state index in [9.17, 15) is 9.59 Å². The van der Waals surface area contributed by atoms with Crippen LogP contribution in [0.2, 0.25) is 0 Å². The SMILES string of the molecule is Cc1ccc(NC(=O)NOC(COC(=O)OC(C)(C)C)C(C)(C)C)cc1. The molecule has 0 aliphatic rings. The number of ether oxygens (including phenoxy) is 2. The summed E-state index contributed by atoms with van der Waals surface area (Å²) in [6.45, 7) is 12.9. The lowest BCUT2D eigenvalue weighted by molar-refractivity contribution is -0.0982. The summed E-state index contributed by atoms with van der Waals surface area (Å²) in [6, 6.07) is 6.86. The zero-order valence-corrected chi connectivity index (χ0v) is 16.6. The van der Waals surface area contributed by atoms with Crippen LogP contribution in [0.4, 0.5) is 15.3 Å². The van der Waals surface area contributed by atoms with Crippen molar-refractivity contribution in [3.05, 3.63) is 29.8 Å². The molecule has 0 saturated carbocycles. The number of hydrogen-bond acceptors (Lipinski definition) is 5. The number of nitrogens with one attached hydrogen (secondary N) is 2. The van der Waals surface area contributed by atoms with Gasteiger partial charge in [-0.2, -0.15) is 0 Å². The van der Waals surface area contributed by atoms with E-state index in [-0.39, 0.29) is 12.0 Å². The Morgan fingerprint density at radius 1 is 1.04 bits per heavy atom. The number of aryl methyl sites for hydroxylation is 1. The van der Waals surface area contributed by atoms with Crippen LogP contribution in [0.25, 0.3) is 0 Å². The normalized spacial score (nSPS) is 12.9. The predicted molar refractivity (Wildman–Crippen MR) is 99.8 cm³/mol. The van der Waals surface area contributed by atoms with Gasteiger partial charge in [0.05, 0.1) is 0 Å². The van der Waals surface area contributed by atoms with Gasteiger partial charge in [-0.3, -0.25) is 4.84 Å². The number of carbonyl (C=O) groups is 2. The van der Waals surface area contributed by atoms with Crippen LogP contribution in [0.1, 0.15) is 47.1 Å². The highest BCUT2D eigenvalue weighted by Crippen LogP contribution is 2.22. The van der Waals surface area contributed by atoms with Gasteiger partial charge in [0.2, 0.25) is 0 Å². The molecule has 0 aliphatic heterocycles. The molecule has 1 aromatic rings. The van der Waals surface area contributed by atoms with E-state index in [4.69, 9.17) is 14.3 Å². The Kier molecular flexibility index (Phi) is 7.44. The summed E-state index contributed by atoms with van der Waals surface area (Å²) in [6.07, 6.45) is -1.33. The second-order valence-corrected chi connectivity index (χ2v) is 8.17. The van der Waals surface area contributed by atoms with E-state index in [1.807, 2.05) is 39.8 Å². The average Bonchev–Trinajstić information content (AvgIpc) is 2.46. The standard InChI is InChI=1S/C19H30N2O5/c1-13-8-10-14(11-9-13)20-16(22)21-26-15(18(2,3)4)12-24-17(23)25-19(5,6)7/h8-11,15H,12H2,1-7H3,(H2,20,21,22). The van der Waals surface area contributed by atoms with E-state index < -0.39 is 23.9 Å². The number of urea groups is 1. The molecule has 2 amide bonds. The zero-order chi connectivity index (χ0) is 20.0. The molecular weight excluding hydrogens is 336 g/mol. The minimum Gasteiger partial charge on any atom is -0.431 e. The molecule has 7 heteroatoms. The molecule has 146 valence electrons. The smallest absolute Gasteiger partial charge is 0.431 e. The summed E-state index contributed by atoms with van der Waals surface area (Å²) in [5.41, 5.74) is 3.07. The van der Waals surface area contributed by atoms with Crippen LogP contribution in [-0.2, 0) is 14.3 Å². The molecule has 0 spiro atoms. The molecule has 1 unspecified atom stereocenters. The van der Waals surface area contributed by atoms with Gasteiger partial charge in [0.25, 0.3) is 0 Å². The summed E-state index contributed by atoms with van der Waals surface area (Å²) < 4.78 is 10.2. The average molecular weight is 366 g/mol. The summed E-state index contributed by atoms with van der Waals surface area (Å²) in [5, 5.41) is 2.66. The largest absolute Gasteiger partial charge is 0.508 e. The monoisotopic (exact) mass is 366 g/mol. The molecule has 0 aliphatic carbocycles. The molecule has 0 heterocycles. The van der Waals surface area contributed by atoms with Crippen LogP contribution in [0.3, 0.4) is 0 Å². The number of hydrogen-bond donors (Lipinski definition) is 2. The summed E-state index contributed by atoms with van der Waals surface area (Å²) in [4.78, 5) is 29.1. The third-order valence-corrected chi connectivity index (χ3v) is 3.31. The molecule has 0 bridgehead atoms. The highest BCUT2D eigenvalue weighted by Gasteiger charge is 2.29. The van der Waals surface area contributed by atoms with E-state index in [2.05, 4.69) is 10.8 Å². The molecule has 7 nitrogen and oxygen atoms in total. The number of hydroxylamine groups is 1. The van der Waals surface area contributed by atoms with Crippen LogP contribution in [0.15, 0.2) is 24.3 Å². The Bertz CT molecular complexity index is 600. The predicted octanol–water partition coefficient (Wildman–Crippen LogP) is 4.41. The van der Waals surface area contributed by atoms with Gasteiger partial charge in [-0.15, -0.1) is 0 Å². The van der Waals surface area contributed by atoms with Crippen molar-refractivity contribution >= 4 is 17.9 Å². The summed E-state index contributed by atoms with van der Waals surface area (Å²) >= 11 is 0. The first-order valence-electron chi connectivity index (χ1n) is 8.52. The van der Waals surface area contributed by atoms with E-state index >= 15 is 0 Å². The Hall–Kier alpha value is -2.28. The minimum atomic E-state index is -0.778. The van der Waals surface area contributed by atoms with Crippen LogP contribution in [0, 0.1) is 12.3 Å². The first kappa shape index (κ1) is 21.8. The van der Waals surface area contributed by atoms with Gasteiger partial charge >= 0.3 is 12.2 Å². The van der Waals surface area contributed by atoms with Crippen LogP contribution < -0.4 is 10.8 Å². The maximum Gasteiger partial charge on any atom is 0.508 e. The second-order valence-electron chi connectivity index (χ2n) is 8.17. The van der Waals surface area contributed by atoms with E-state index in [1.165, 1.54) is 0 Å². The molecule has 2 N–H and O–H groups in total. The maximum absolute atomic E-state index is 12.0. The van der Waals surface area contributed by atoms with E-state index in [0.717, 1.165) is 5.56 Å². The lowest BCUT2D eigenvalue weighted by Crippen LogP contribution is -2.42. The van der Waals surface area contributed by atoms with Crippen LogP contribution in [0.5, 0.6) is 0 Å².